The van der Waals surface area contributed by atoms with Crippen molar-refractivity contribution in [3.05, 3.63) is 0 Å². The van der Waals surface area contributed by atoms with Crippen LogP contribution < -0.4 is 4.72 Å². The fraction of sp³-hybridized carbons (Fsp3) is 1.00. The molecule has 0 saturated heterocycles. The van der Waals surface area contributed by atoms with Gasteiger partial charge in [0.05, 0.1) is 0 Å². The van der Waals surface area contributed by atoms with Crippen LogP contribution in [0.3, 0.4) is 0 Å². The van der Waals surface area contributed by atoms with E-state index < -0.39 is 10.2 Å². The van der Waals surface area contributed by atoms with Crippen LogP contribution in [0.25, 0.3) is 0 Å². The van der Waals surface area contributed by atoms with Crippen molar-refractivity contribution in [1.29, 1.82) is 0 Å². The lowest BCUT2D eigenvalue weighted by atomic mass is 9.96. The van der Waals surface area contributed by atoms with Gasteiger partial charge in [-0.25, -0.2) is 0 Å². The maximum absolute atomic E-state index is 12.2. The van der Waals surface area contributed by atoms with Crippen molar-refractivity contribution in [3.8, 4) is 0 Å². The Hall–Kier alpha value is -0.130. The monoisotopic (exact) mass is 260 g/mol. The third kappa shape index (κ3) is 3.42. The molecule has 2 aliphatic carbocycles. The smallest absolute Gasteiger partial charge is 0.199 e. The van der Waals surface area contributed by atoms with Gasteiger partial charge >= 0.3 is 0 Å². The molecule has 0 radical (unpaired) electrons. The largest absolute Gasteiger partial charge is 0.279 e. The molecule has 2 rings (SSSR count). The zero-order chi connectivity index (χ0) is 12.3. The minimum absolute atomic E-state index is 0.172. The van der Waals surface area contributed by atoms with Gasteiger partial charge in [-0.2, -0.15) is 17.4 Å². The van der Waals surface area contributed by atoms with E-state index in [0.717, 1.165) is 51.4 Å². The number of rotatable bonds is 4. The lowest BCUT2D eigenvalue weighted by molar-refractivity contribution is 0.281. The van der Waals surface area contributed by atoms with Crippen LogP contribution in [0.15, 0.2) is 0 Å². The zero-order valence-corrected chi connectivity index (χ0v) is 11.5. The summed E-state index contributed by atoms with van der Waals surface area (Å²) in [4.78, 5) is 0. The van der Waals surface area contributed by atoms with Crippen LogP contribution in [0.2, 0.25) is 0 Å². The van der Waals surface area contributed by atoms with Crippen molar-refractivity contribution in [2.24, 2.45) is 0 Å². The van der Waals surface area contributed by atoms with Crippen molar-refractivity contribution < 1.29 is 8.42 Å². The Morgan fingerprint density at radius 2 is 1.47 bits per heavy atom. The molecule has 0 aromatic heterocycles. The molecule has 0 aliphatic heterocycles. The third-order valence-electron chi connectivity index (χ3n) is 4.14. The van der Waals surface area contributed by atoms with Gasteiger partial charge in [-0.05, 0) is 25.7 Å². The molecule has 0 bridgehead atoms. The lowest BCUT2D eigenvalue weighted by Gasteiger charge is -2.31. The van der Waals surface area contributed by atoms with Crippen LogP contribution in [-0.4, -0.2) is 31.9 Å². The molecule has 0 unspecified atom stereocenters. The van der Waals surface area contributed by atoms with Crippen LogP contribution >= 0.6 is 0 Å². The molecule has 0 aromatic rings. The third-order valence-corrected chi connectivity index (χ3v) is 5.83. The first-order valence-electron chi connectivity index (χ1n) is 6.85. The molecule has 0 heterocycles. The van der Waals surface area contributed by atoms with Crippen LogP contribution in [0.5, 0.6) is 0 Å². The van der Waals surface area contributed by atoms with Crippen LogP contribution in [0, 0.1) is 0 Å². The molecule has 0 atom stereocenters. The summed E-state index contributed by atoms with van der Waals surface area (Å²) < 4.78 is 28.8. The van der Waals surface area contributed by atoms with E-state index >= 15 is 0 Å². The summed E-state index contributed by atoms with van der Waals surface area (Å²) in [5.74, 6) is 0. The summed E-state index contributed by atoms with van der Waals surface area (Å²) >= 11 is 0. The second-order valence-electron chi connectivity index (χ2n) is 5.41. The molecule has 2 saturated carbocycles. The molecule has 0 aromatic carbocycles. The Morgan fingerprint density at radius 3 is 2.06 bits per heavy atom. The average molecular weight is 260 g/mol. The Labute approximate surface area is 105 Å². The van der Waals surface area contributed by atoms with E-state index in [2.05, 4.69) is 4.72 Å². The molecular weight excluding hydrogens is 236 g/mol. The van der Waals surface area contributed by atoms with Gasteiger partial charge in [0.1, 0.15) is 0 Å². The van der Waals surface area contributed by atoms with E-state index in [4.69, 9.17) is 0 Å². The number of hydrogen-bond acceptors (Lipinski definition) is 2. The molecular formula is C12H24N2O2S. The molecule has 100 valence electrons. The molecule has 2 fully saturated rings. The quantitative estimate of drug-likeness (QED) is 0.841. The minimum Gasteiger partial charge on any atom is -0.199 e. The van der Waals surface area contributed by atoms with E-state index in [1.165, 1.54) is 6.42 Å². The van der Waals surface area contributed by atoms with Gasteiger partial charge in [0.2, 0.25) is 0 Å². The molecule has 1 N–H and O–H groups in total. The molecule has 4 nitrogen and oxygen atoms in total. The lowest BCUT2D eigenvalue weighted by Crippen LogP contribution is -2.47. The fourth-order valence-corrected chi connectivity index (χ4v) is 4.40. The van der Waals surface area contributed by atoms with Crippen molar-refractivity contribution in [3.63, 3.8) is 0 Å². The Morgan fingerprint density at radius 1 is 0.941 bits per heavy atom. The summed E-state index contributed by atoms with van der Waals surface area (Å²) in [5, 5.41) is 0. The second-order valence-corrected chi connectivity index (χ2v) is 7.17. The highest BCUT2D eigenvalue weighted by atomic mass is 32.2. The van der Waals surface area contributed by atoms with Gasteiger partial charge in [0.15, 0.2) is 0 Å². The highest BCUT2D eigenvalue weighted by molar-refractivity contribution is 7.87. The Bertz CT molecular complexity index is 330. The summed E-state index contributed by atoms with van der Waals surface area (Å²) in [6.45, 7) is 0. The number of nitrogens with one attached hydrogen (secondary N) is 1. The summed E-state index contributed by atoms with van der Waals surface area (Å²) in [6.07, 6.45) is 9.91. The van der Waals surface area contributed by atoms with E-state index in [1.54, 1.807) is 11.4 Å². The first kappa shape index (κ1) is 13.3. The van der Waals surface area contributed by atoms with Crippen molar-refractivity contribution >= 4 is 10.2 Å². The van der Waals surface area contributed by atoms with Crippen molar-refractivity contribution in [2.75, 3.05) is 7.05 Å². The van der Waals surface area contributed by atoms with Crippen molar-refractivity contribution in [2.45, 2.75) is 69.9 Å². The van der Waals surface area contributed by atoms with E-state index in [9.17, 15) is 8.42 Å². The first-order chi connectivity index (χ1) is 8.09. The Kier molecular flexibility index (Phi) is 4.44. The molecule has 17 heavy (non-hydrogen) atoms. The van der Waals surface area contributed by atoms with Crippen LogP contribution in [-0.2, 0) is 10.2 Å². The van der Waals surface area contributed by atoms with Crippen LogP contribution in [0.1, 0.15) is 57.8 Å². The van der Waals surface area contributed by atoms with Gasteiger partial charge in [0.25, 0.3) is 10.2 Å². The van der Waals surface area contributed by atoms with Crippen molar-refractivity contribution in [1.82, 2.24) is 9.03 Å². The van der Waals surface area contributed by atoms with Crippen LogP contribution in [0.4, 0.5) is 0 Å². The van der Waals surface area contributed by atoms with E-state index in [0.29, 0.717) is 0 Å². The number of hydrogen-bond donors (Lipinski definition) is 1. The maximum atomic E-state index is 12.2. The Balaban J connectivity index is 1.93. The summed E-state index contributed by atoms with van der Waals surface area (Å²) in [7, 11) is -1.53. The minimum atomic E-state index is -3.26. The highest BCUT2D eigenvalue weighted by Crippen LogP contribution is 2.24. The predicted octanol–water partition coefficient (Wildman–Crippen LogP) is 2.03. The zero-order valence-electron chi connectivity index (χ0n) is 10.7. The first-order valence-corrected chi connectivity index (χ1v) is 8.29. The van der Waals surface area contributed by atoms with E-state index in [-0.39, 0.29) is 12.1 Å². The predicted molar refractivity (Wildman–Crippen MR) is 68.9 cm³/mol. The maximum Gasteiger partial charge on any atom is 0.279 e. The SMILES string of the molecule is CN(C1CCCCC1)S(=O)(=O)NC1CCCC1. The van der Waals surface area contributed by atoms with E-state index in [1.807, 2.05) is 0 Å². The number of nitrogens with zero attached hydrogens (tertiary/aromatic N) is 1. The molecule has 5 heteroatoms. The second kappa shape index (κ2) is 5.67. The van der Waals surface area contributed by atoms with Gasteiger partial charge in [0, 0.05) is 19.1 Å². The van der Waals surface area contributed by atoms with Gasteiger partial charge < -0.3 is 0 Å². The topological polar surface area (TPSA) is 49.4 Å². The molecule has 0 spiro atoms. The van der Waals surface area contributed by atoms with Gasteiger partial charge in [-0.15, -0.1) is 0 Å². The highest BCUT2D eigenvalue weighted by Gasteiger charge is 2.30. The average Bonchev–Trinajstić information content (AvgIpc) is 2.81. The standard InChI is InChI=1S/C12H24N2O2S/c1-14(12-9-3-2-4-10-12)17(15,16)13-11-7-5-6-8-11/h11-13H,2-10H2,1H3. The van der Waals surface area contributed by atoms with Gasteiger partial charge in [-0.3, -0.25) is 0 Å². The summed E-state index contributed by atoms with van der Waals surface area (Å²) in [6, 6.07) is 0.383. The fourth-order valence-electron chi connectivity index (χ4n) is 2.98. The normalized spacial score (nSPS) is 24.6. The molecule has 0 amide bonds. The summed E-state index contributed by atoms with van der Waals surface area (Å²) in [5.41, 5.74) is 0. The molecule has 2 aliphatic rings. The van der Waals surface area contributed by atoms with Gasteiger partial charge in [-0.1, -0.05) is 32.1 Å².